The molecule has 1 amide bonds. The van der Waals surface area contributed by atoms with Gasteiger partial charge in [0.25, 0.3) is 5.91 Å². The lowest BCUT2D eigenvalue weighted by Gasteiger charge is -2.47. The SMILES string of the molecule is Cc1nc(-c2ccccc2Cl)sc1C(=O)N1CC[C@]2(O)CCCC[C@@H]2C1. The van der Waals surface area contributed by atoms with Crippen LogP contribution in [0, 0.1) is 12.8 Å². The third-order valence-electron chi connectivity index (χ3n) is 5.81. The number of fused-ring (bicyclic) bond motifs is 1. The van der Waals surface area contributed by atoms with E-state index in [1.165, 1.54) is 11.3 Å². The van der Waals surface area contributed by atoms with E-state index in [0.717, 1.165) is 41.9 Å². The first kappa shape index (κ1) is 18.0. The number of hydrogen-bond acceptors (Lipinski definition) is 4. The summed E-state index contributed by atoms with van der Waals surface area (Å²) in [6.07, 6.45) is 4.79. The van der Waals surface area contributed by atoms with E-state index in [0.29, 0.717) is 29.4 Å². The number of carbonyl (C=O) groups is 1. The molecule has 2 atom stereocenters. The average molecular weight is 391 g/mol. The minimum absolute atomic E-state index is 0.0333. The van der Waals surface area contributed by atoms with Crippen molar-refractivity contribution in [2.75, 3.05) is 13.1 Å². The molecule has 1 aromatic carbocycles. The number of amides is 1. The van der Waals surface area contributed by atoms with Crippen LogP contribution in [0.15, 0.2) is 24.3 Å². The number of rotatable bonds is 2. The van der Waals surface area contributed by atoms with Crippen molar-refractivity contribution >= 4 is 28.8 Å². The Labute approximate surface area is 162 Å². The number of halogens is 1. The smallest absolute Gasteiger partial charge is 0.265 e. The Morgan fingerprint density at radius 3 is 2.96 bits per heavy atom. The van der Waals surface area contributed by atoms with Crippen molar-refractivity contribution < 1.29 is 9.90 Å². The molecule has 6 heteroatoms. The van der Waals surface area contributed by atoms with Crippen molar-refractivity contribution in [3.63, 3.8) is 0 Å². The second kappa shape index (κ2) is 6.95. The van der Waals surface area contributed by atoms with Gasteiger partial charge in [0.1, 0.15) is 9.88 Å². The van der Waals surface area contributed by atoms with E-state index >= 15 is 0 Å². The van der Waals surface area contributed by atoms with Gasteiger partial charge in [-0.25, -0.2) is 4.98 Å². The Hall–Kier alpha value is -1.43. The largest absolute Gasteiger partial charge is 0.389 e. The molecule has 1 saturated carbocycles. The van der Waals surface area contributed by atoms with Crippen LogP contribution in [0.1, 0.15) is 47.5 Å². The molecular formula is C20H23ClN2O2S. The van der Waals surface area contributed by atoms with Crippen LogP contribution in [0.2, 0.25) is 5.02 Å². The van der Waals surface area contributed by atoms with Gasteiger partial charge in [-0.3, -0.25) is 4.79 Å². The maximum atomic E-state index is 13.1. The zero-order valence-electron chi connectivity index (χ0n) is 14.9. The van der Waals surface area contributed by atoms with Crippen molar-refractivity contribution in [2.24, 2.45) is 5.92 Å². The first-order chi connectivity index (χ1) is 12.5. The molecule has 0 bridgehead atoms. The first-order valence-corrected chi connectivity index (χ1v) is 10.4. The number of aryl methyl sites for hydroxylation is 1. The number of hydrogen-bond donors (Lipinski definition) is 1. The second-order valence-corrected chi connectivity index (χ2v) is 8.87. The topological polar surface area (TPSA) is 53.4 Å². The molecule has 2 aliphatic rings. The predicted molar refractivity (Wildman–Crippen MR) is 105 cm³/mol. The van der Waals surface area contributed by atoms with Crippen LogP contribution in [0.5, 0.6) is 0 Å². The lowest BCUT2D eigenvalue weighted by molar-refractivity contribution is -0.0885. The number of aliphatic hydroxyl groups is 1. The molecule has 2 aromatic rings. The van der Waals surface area contributed by atoms with E-state index in [1.807, 2.05) is 36.1 Å². The predicted octanol–water partition coefficient (Wildman–Crippen LogP) is 4.54. The molecule has 1 aliphatic carbocycles. The number of thiazole rings is 1. The van der Waals surface area contributed by atoms with Gasteiger partial charge in [0.05, 0.1) is 16.3 Å². The normalized spacial score (nSPS) is 25.8. The summed E-state index contributed by atoms with van der Waals surface area (Å²) in [5.41, 5.74) is 1.04. The van der Waals surface area contributed by atoms with Crippen LogP contribution >= 0.6 is 22.9 Å². The first-order valence-electron chi connectivity index (χ1n) is 9.22. The molecule has 4 rings (SSSR count). The minimum Gasteiger partial charge on any atom is -0.389 e. The quantitative estimate of drug-likeness (QED) is 0.819. The lowest BCUT2D eigenvalue weighted by atomic mass is 9.71. The summed E-state index contributed by atoms with van der Waals surface area (Å²) in [5.74, 6) is 0.233. The minimum atomic E-state index is -0.569. The van der Waals surface area contributed by atoms with Gasteiger partial charge in [-0.15, -0.1) is 11.3 Å². The number of nitrogens with zero attached hydrogens (tertiary/aromatic N) is 2. The Kier molecular flexibility index (Phi) is 4.80. The molecule has 1 saturated heterocycles. The summed E-state index contributed by atoms with van der Waals surface area (Å²) < 4.78 is 0. The molecular weight excluding hydrogens is 368 g/mol. The van der Waals surface area contributed by atoms with Crippen LogP contribution in [0.4, 0.5) is 0 Å². The van der Waals surface area contributed by atoms with Crippen LogP contribution in [0.3, 0.4) is 0 Å². The maximum Gasteiger partial charge on any atom is 0.265 e. The summed E-state index contributed by atoms with van der Waals surface area (Å²) in [5, 5.41) is 12.3. The van der Waals surface area contributed by atoms with Crippen LogP contribution in [-0.2, 0) is 0 Å². The van der Waals surface area contributed by atoms with E-state index in [2.05, 4.69) is 4.98 Å². The standard InChI is InChI=1S/C20H23ClN2O2S/c1-13-17(26-18(22-13)15-7-2-3-8-16(15)21)19(24)23-11-10-20(25)9-5-4-6-14(20)12-23/h2-3,7-8,14,25H,4-6,9-12H2,1H3/t14-,20-/m1/s1. The van der Waals surface area contributed by atoms with Crippen LogP contribution in [-0.4, -0.2) is 39.6 Å². The van der Waals surface area contributed by atoms with E-state index in [1.54, 1.807) is 0 Å². The summed E-state index contributed by atoms with van der Waals surface area (Å²) in [7, 11) is 0. The van der Waals surface area contributed by atoms with Crippen molar-refractivity contribution in [1.82, 2.24) is 9.88 Å². The van der Waals surface area contributed by atoms with Gasteiger partial charge in [0.15, 0.2) is 0 Å². The van der Waals surface area contributed by atoms with Crippen molar-refractivity contribution in [3.05, 3.63) is 39.9 Å². The Morgan fingerprint density at radius 2 is 2.15 bits per heavy atom. The van der Waals surface area contributed by atoms with E-state index < -0.39 is 5.60 Å². The third-order valence-corrected chi connectivity index (χ3v) is 7.32. The average Bonchev–Trinajstić information content (AvgIpc) is 3.02. The highest BCUT2D eigenvalue weighted by Gasteiger charge is 2.44. The maximum absolute atomic E-state index is 13.1. The molecule has 0 radical (unpaired) electrons. The third kappa shape index (κ3) is 3.17. The van der Waals surface area contributed by atoms with E-state index in [9.17, 15) is 9.90 Å². The van der Waals surface area contributed by atoms with Gasteiger partial charge in [0.2, 0.25) is 0 Å². The van der Waals surface area contributed by atoms with Crippen molar-refractivity contribution in [2.45, 2.75) is 44.6 Å². The molecule has 0 spiro atoms. The zero-order chi connectivity index (χ0) is 18.3. The van der Waals surface area contributed by atoms with Gasteiger partial charge < -0.3 is 10.0 Å². The van der Waals surface area contributed by atoms with Gasteiger partial charge >= 0.3 is 0 Å². The molecule has 1 N–H and O–H groups in total. The number of piperidine rings is 1. The Morgan fingerprint density at radius 1 is 1.35 bits per heavy atom. The van der Waals surface area contributed by atoms with Gasteiger partial charge in [-0.1, -0.05) is 42.6 Å². The van der Waals surface area contributed by atoms with Gasteiger partial charge in [-0.2, -0.15) is 0 Å². The van der Waals surface area contributed by atoms with Gasteiger partial charge in [-0.05, 0) is 32.3 Å². The molecule has 4 nitrogen and oxygen atoms in total. The number of carbonyl (C=O) groups excluding carboxylic acids is 1. The molecule has 1 aromatic heterocycles. The highest BCUT2D eigenvalue weighted by atomic mass is 35.5. The van der Waals surface area contributed by atoms with Crippen LogP contribution < -0.4 is 0 Å². The fourth-order valence-corrected chi connectivity index (χ4v) is 5.60. The number of aromatic nitrogens is 1. The molecule has 26 heavy (non-hydrogen) atoms. The molecule has 1 aliphatic heterocycles. The monoisotopic (exact) mass is 390 g/mol. The van der Waals surface area contributed by atoms with Crippen molar-refractivity contribution in [3.8, 4) is 10.6 Å². The molecule has 2 heterocycles. The van der Waals surface area contributed by atoms with Crippen LogP contribution in [0.25, 0.3) is 10.6 Å². The molecule has 138 valence electrons. The molecule has 2 fully saturated rings. The Balaban J connectivity index is 1.57. The van der Waals surface area contributed by atoms with E-state index in [-0.39, 0.29) is 11.8 Å². The highest BCUT2D eigenvalue weighted by Crippen LogP contribution is 2.41. The number of likely N-dealkylation sites (tertiary alicyclic amines) is 1. The van der Waals surface area contributed by atoms with Crippen molar-refractivity contribution in [1.29, 1.82) is 0 Å². The fraction of sp³-hybridized carbons (Fsp3) is 0.500. The lowest BCUT2D eigenvalue weighted by Crippen LogP contribution is -2.54. The summed E-state index contributed by atoms with van der Waals surface area (Å²) in [4.78, 5) is 20.3. The summed E-state index contributed by atoms with van der Waals surface area (Å²) in [6, 6.07) is 7.58. The summed E-state index contributed by atoms with van der Waals surface area (Å²) >= 11 is 7.69. The van der Waals surface area contributed by atoms with Gasteiger partial charge in [0, 0.05) is 24.6 Å². The zero-order valence-corrected chi connectivity index (χ0v) is 16.4. The number of benzene rings is 1. The Bertz CT molecular complexity index is 837. The highest BCUT2D eigenvalue weighted by molar-refractivity contribution is 7.17. The fourth-order valence-electron chi connectivity index (χ4n) is 4.24. The molecule has 0 unspecified atom stereocenters. The van der Waals surface area contributed by atoms with E-state index in [4.69, 9.17) is 11.6 Å². The summed E-state index contributed by atoms with van der Waals surface area (Å²) in [6.45, 7) is 3.14. The second-order valence-electron chi connectivity index (χ2n) is 7.46.